The van der Waals surface area contributed by atoms with Crippen LogP contribution in [0.25, 0.3) is 5.69 Å². The second kappa shape index (κ2) is 8.84. The first-order chi connectivity index (χ1) is 16.0. The van der Waals surface area contributed by atoms with Gasteiger partial charge in [-0.2, -0.15) is 23.2 Å². The molecule has 1 fully saturated rings. The van der Waals surface area contributed by atoms with Gasteiger partial charge in [0.05, 0.1) is 18.5 Å². The van der Waals surface area contributed by atoms with E-state index in [9.17, 15) is 18.0 Å². The number of allylic oxidation sites excluding steroid dienone is 1. The van der Waals surface area contributed by atoms with Crippen molar-refractivity contribution < 1.29 is 27.5 Å². The van der Waals surface area contributed by atoms with Crippen molar-refractivity contribution in [2.75, 3.05) is 13.7 Å². The maximum Gasteiger partial charge on any atom is 0.493 e. The van der Waals surface area contributed by atoms with E-state index in [4.69, 9.17) is 21.2 Å². The summed E-state index contributed by atoms with van der Waals surface area (Å²) in [6.07, 6.45) is 1.59. The number of benzene rings is 1. The number of hydroxylamine groups is 2. The molecule has 0 spiro atoms. The van der Waals surface area contributed by atoms with E-state index in [1.165, 1.54) is 13.4 Å². The van der Waals surface area contributed by atoms with Crippen molar-refractivity contribution >= 4 is 29.2 Å². The van der Waals surface area contributed by atoms with E-state index >= 15 is 0 Å². The van der Waals surface area contributed by atoms with Crippen LogP contribution in [0, 0.1) is 5.41 Å². The molecule has 182 valence electrons. The van der Waals surface area contributed by atoms with Crippen LogP contribution in [0.4, 0.5) is 18.9 Å². The van der Waals surface area contributed by atoms with E-state index < -0.39 is 23.7 Å². The normalized spacial score (nSPS) is 21.2. The number of halogens is 4. The van der Waals surface area contributed by atoms with E-state index in [1.807, 2.05) is 26.0 Å². The lowest BCUT2D eigenvalue weighted by Gasteiger charge is -2.37. The van der Waals surface area contributed by atoms with Crippen LogP contribution in [0.2, 0.25) is 5.15 Å². The van der Waals surface area contributed by atoms with Crippen LogP contribution in [-0.4, -0.2) is 57.5 Å². The first-order valence-corrected chi connectivity index (χ1v) is 10.6. The van der Waals surface area contributed by atoms with Gasteiger partial charge in [0.1, 0.15) is 23.4 Å². The number of guanidine groups is 1. The number of hydrogen-bond acceptors (Lipinski definition) is 6. The molecule has 0 bridgehead atoms. The summed E-state index contributed by atoms with van der Waals surface area (Å²) < 4.78 is 46.2. The molecule has 2 aliphatic heterocycles. The third-order valence-electron chi connectivity index (χ3n) is 5.42. The molecule has 1 aromatic carbocycles. The molecular weight excluding hydrogens is 477 g/mol. The Labute approximate surface area is 198 Å². The third kappa shape index (κ3) is 4.68. The van der Waals surface area contributed by atoms with Gasteiger partial charge in [-0.3, -0.25) is 5.43 Å². The highest BCUT2D eigenvalue weighted by atomic mass is 35.5. The molecule has 2 aromatic rings. The van der Waals surface area contributed by atoms with Crippen LogP contribution in [-0.2, 0) is 9.63 Å². The number of alkyl halides is 3. The van der Waals surface area contributed by atoms with Gasteiger partial charge in [0.25, 0.3) is 0 Å². The molecule has 9 nitrogen and oxygen atoms in total. The van der Waals surface area contributed by atoms with Crippen LogP contribution >= 0.6 is 11.6 Å². The summed E-state index contributed by atoms with van der Waals surface area (Å²) in [6, 6.07) is 4.93. The third-order valence-corrected chi connectivity index (χ3v) is 5.62. The number of nitrogens with zero attached hydrogens (tertiary/aromatic N) is 5. The van der Waals surface area contributed by atoms with Crippen LogP contribution in [0.15, 0.2) is 47.9 Å². The topological polar surface area (TPSA) is 84.2 Å². The predicted molar refractivity (Wildman–Crippen MR) is 117 cm³/mol. The Bertz CT molecular complexity index is 1150. The second-order valence-electron chi connectivity index (χ2n) is 8.40. The average Bonchev–Trinajstić information content (AvgIpc) is 3.30. The molecule has 0 amide bonds. The molecular formula is C21H22ClF3N6O3. The fourth-order valence-corrected chi connectivity index (χ4v) is 4.01. The zero-order valence-corrected chi connectivity index (χ0v) is 19.3. The number of imidazole rings is 1. The van der Waals surface area contributed by atoms with Crippen molar-refractivity contribution in [1.29, 1.82) is 0 Å². The highest BCUT2D eigenvalue weighted by Crippen LogP contribution is 2.38. The molecule has 1 saturated heterocycles. The Morgan fingerprint density at radius 3 is 2.74 bits per heavy atom. The largest absolute Gasteiger partial charge is 0.494 e. The van der Waals surface area contributed by atoms with Crippen molar-refractivity contribution in [1.82, 2.24) is 25.0 Å². The number of methoxy groups -OCH3 is 1. The Morgan fingerprint density at radius 2 is 2.09 bits per heavy atom. The predicted octanol–water partition coefficient (Wildman–Crippen LogP) is 3.98. The zero-order valence-electron chi connectivity index (χ0n) is 18.5. The lowest BCUT2D eigenvalue weighted by Crippen LogP contribution is -2.51. The number of ether oxygens (including phenoxy) is 1. The maximum atomic E-state index is 13.0. The van der Waals surface area contributed by atoms with Crippen LogP contribution in [0.1, 0.15) is 20.3 Å². The second-order valence-corrected chi connectivity index (χ2v) is 8.79. The summed E-state index contributed by atoms with van der Waals surface area (Å²) in [5.41, 5.74) is 3.38. The summed E-state index contributed by atoms with van der Waals surface area (Å²) in [5, 5.41) is 2.86. The van der Waals surface area contributed by atoms with Gasteiger partial charge in [0.15, 0.2) is 0 Å². The first-order valence-electron chi connectivity index (χ1n) is 10.2. The standard InChI is InChI=1S/C21H22ClF3N6O3/c1-20(2)8-4-5-9-30-17(20)31(34-18(32)21(23,24)25)19(28-30)27-13-6-7-14(15(10-13)33-3)29-11-16(22)26-12-29/h4-7,10-12,17H,8-9H2,1-3H3,(H,27,28). The van der Waals surface area contributed by atoms with Gasteiger partial charge in [-0.15, -0.1) is 0 Å². The molecule has 1 atom stereocenters. The Hall–Kier alpha value is -3.25. The van der Waals surface area contributed by atoms with Gasteiger partial charge in [-0.05, 0) is 18.6 Å². The molecule has 1 aromatic heterocycles. The Balaban J connectivity index is 1.72. The molecule has 13 heteroatoms. The van der Waals surface area contributed by atoms with Crippen molar-refractivity contribution in [3.63, 3.8) is 0 Å². The van der Waals surface area contributed by atoms with E-state index in [0.717, 1.165) is 5.06 Å². The van der Waals surface area contributed by atoms with Crippen molar-refractivity contribution in [2.24, 2.45) is 10.4 Å². The van der Waals surface area contributed by atoms with Gasteiger partial charge in [0, 0.05) is 24.2 Å². The van der Waals surface area contributed by atoms with Crippen LogP contribution in [0.3, 0.4) is 0 Å². The number of carbonyl (C=O) groups is 1. The number of aliphatic imine (C=N–C) groups is 1. The number of aromatic nitrogens is 2. The highest BCUT2D eigenvalue weighted by molar-refractivity contribution is 6.29. The molecule has 1 unspecified atom stereocenters. The lowest BCUT2D eigenvalue weighted by atomic mass is 9.86. The zero-order chi connectivity index (χ0) is 24.7. The molecule has 4 rings (SSSR count). The van der Waals surface area contributed by atoms with Crippen molar-refractivity contribution in [3.8, 4) is 11.4 Å². The monoisotopic (exact) mass is 498 g/mol. The van der Waals surface area contributed by atoms with Crippen molar-refractivity contribution in [2.45, 2.75) is 32.6 Å². The molecule has 34 heavy (non-hydrogen) atoms. The van der Waals surface area contributed by atoms with Gasteiger partial charge < -0.3 is 14.1 Å². The fraction of sp³-hybridized carbons (Fsp3) is 0.381. The van der Waals surface area contributed by atoms with Gasteiger partial charge in [0.2, 0.25) is 5.96 Å². The SMILES string of the molecule is COc1cc(N=C2NN3CC=CCC(C)(C)C3N2OC(=O)C(F)(F)F)ccc1-n1cnc(Cl)c1. The summed E-state index contributed by atoms with van der Waals surface area (Å²) in [5.74, 6) is -1.97. The minimum atomic E-state index is -5.16. The quantitative estimate of drug-likeness (QED) is 0.638. The van der Waals surface area contributed by atoms with Crippen molar-refractivity contribution in [3.05, 3.63) is 48.0 Å². The maximum absolute atomic E-state index is 13.0. The fourth-order valence-electron chi connectivity index (χ4n) is 3.86. The molecule has 2 aliphatic rings. The number of carbonyl (C=O) groups excluding carboxylic acids is 1. The molecule has 3 heterocycles. The van der Waals surface area contributed by atoms with E-state index in [2.05, 4.69) is 15.4 Å². The van der Waals surface area contributed by atoms with Crippen LogP contribution < -0.4 is 10.2 Å². The van der Waals surface area contributed by atoms with Gasteiger partial charge in [-0.25, -0.2) is 14.8 Å². The highest BCUT2D eigenvalue weighted by Gasteiger charge is 2.51. The number of hydrazine groups is 1. The number of hydrogen-bond donors (Lipinski definition) is 1. The van der Waals surface area contributed by atoms with E-state index in [1.54, 1.807) is 34.0 Å². The lowest BCUT2D eigenvalue weighted by molar-refractivity contribution is -0.239. The first kappa shape index (κ1) is 23.9. The smallest absolute Gasteiger partial charge is 0.493 e. The average molecular weight is 499 g/mol. The van der Waals surface area contributed by atoms with E-state index in [0.29, 0.717) is 35.2 Å². The summed E-state index contributed by atoms with van der Waals surface area (Å²) in [6.45, 7) is 4.11. The minimum absolute atomic E-state index is 0.0635. The molecule has 0 saturated carbocycles. The Morgan fingerprint density at radius 1 is 1.32 bits per heavy atom. The van der Waals surface area contributed by atoms with E-state index in [-0.39, 0.29) is 5.96 Å². The molecule has 0 aliphatic carbocycles. The summed E-state index contributed by atoms with van der Waals surface area (Å²) in [7, 11) is 1.47. The summed E-state index contributed by atoms with van der Waals surface area (Å²) in [4.78, 5) is 25.0. The minimum Gasteiger partial charge on any atom is -0.494 e. The number of nitrogens with one attached hydrogen (secondary N) is 1. The molecule has 1 N–H and O–H groups in total. The summed E-state index contributed by atoms with van der Waals surface area (Å²) >= 11 is 5.90. The number of rotatable bonds is 4. The number of fused-ring (bicyclic) bond motifs is 1. The van der Waals surface area contributed by atoms with Crippen LogP contribution in [0.5, 0.6) is 5.75 Å². The molecule has 0 radical (unpaired) electrons. The van der Waals surface area contributed by atoms with Gasteiger partial charge >= 0.3 is 12.1 Å². The Kier molecular flexibility index (Phi) is 6.21. The van der Waals surface area contributed by atoms with Gasteiger partial charge in [-0.1, -0.05) is 37.6 Å².